The quantitative estimate of drug-likeness (QED) is 0.644. The summed E-state index contributed by atoms with van der Waals surface area (Å²) in [5.74, 6) is 0.230. The van der Waals surface area contributed by atoms with Crippen LogP contribution in [0.4, 0.5) is 5.13 Å². The Hall–Kier alpha value is -2.87. The molecule has 7 nitrogen and oxygen atoms in total. The fourth-order valence-corrected chi connectivity index (χ4v) is 5.17. The highest BCUT2D eigenvalue weighted by atomic mass is 32.1. The maximum Gasteiger partial charge on any atom is 0.289 e. The zero-order valence-corrected chi connectivity index (χ0v) is 17.6. The van der Waals surface area contributed by atoms with Gasteiger partial charge in [-0.05, 0) is 49.6 Å². The van der Waals surface area contributed by atoms with E-state index >= 15 is 0 Å². The number of furan rings is 1. The molecule has 4 heterocycles. The van der Waals surface area contributed by atoms with Crippen molar-refractivity contribution in [2.45, 2.75) is 19.3 Å². The molecule has 2 fully saturated rings. The van der Waals surface area contributed by atoms with E-state index in [0.717, 1.165) is 28.4 Å². The predicted molar refractivity (Wildman–Crippen MR) is 116 cm³/mol. The van der Waals surface area contributed by atoms with Crippen LogP contribution in [0, 0.1) is 0 Å². The van der Waals surface area contributed by atoms with Crippen molar-refractivity contribution in [3.05, 3.63) is 47.9 Å². The second kappa shape index (κ2) is 8.10. The number of benzene rings is 1. The number of hydrogen-bond donors (Lipinski definition) is 0. The number of aromatic nitrogens is 1. The molecule has 5 rings (SSSR count). The first-order valence-corrected chi connectivity index (χ1v) is 11.3. The van der Waals surface area contributed by atoms with Crippen LogP contribution in [0.1, 0.15) is 40.2 Å². The summed E-state index contributed by atoms with van der Waals surface area (Å²) in [6.07, 6.45) is 5.22. The van der Waals surface area contributed by atoms with E-state index in [1.165, 1.54) is 25.5 Å². The largest absolute Gasteiger partial charge is 0.459 e. The maximum atomic E-state index is 13.0. The Morgan fingerprint density at radius 1 is 0.900 bits per heavy atom. The second-order valence-electron chi connectivity index (χ2n) is 7.79. The number of carbonyl (C=O) groups excluding carboxylic acids is 2. The Kier molecular flexibility index (Phi) is 5.16. The van der Waals surface area contributed by atoms with Crippen LogP contribution in [0.25, 0.3) is 10.2 Å². The van der Waals surface area contributed by atoms with Crippen molar-refractivity contribution >= 4 is 38.5 Å². The molecule has 2 aliphatic rings. The zero-order chi connectivity index (χ0) is 20.5. The number of fused-ring (bicyclic) bond motifs is 1. The Balaban J connectivity index is 1.26. The van der Waals surface area contributed by atoms with Crippen molar-refractivity contribution in [2.75, 3.05) is 44.2 Å². The molecule has 2 saturated heterocycles. The van der Waals surface area contributed by atoms with Gasteiger partial charge in [0.25, 0.3) is 11.8 Å². The third kappa shape index (κ3) is 3.67. The standard InChI is InChI=1S/C22H24N4O3S/c27-20(24-10-12-25(13-11-24)21(28)18-5-4-14-29-18)16-6-7-17-19(15-16)30-22(23-17)26-8-2-1-3-9-26/h4-7,14-15H,1-3,8-13H2. The van der Waals surface area contributed by atoms with Gasteiger partial charge in [0.2, 0.25) is 0 Å². The number of carbonyl (C=O) groups is 2. The molecule has 0 N–H and O–H groups in total. The maximum absolute atomic E-state index is 13.0. The Morgan fingerprint density at radius 2 is 1.63 bits per heavy atom. The number of hydrogen-bond acceptors (Lipinski definition) is 6. The number of rotatable bonds is 3. The molecule has 0 aliphatic carbocycles. The third-order valence-electron chi connectivity index (χ3n) is 5.84. The smallest absolute Gasteiger partial charge is 0.289 e. The molecule has 0 radical (unpaired) electrons. The molecule has 0 unspecified atom stereocenters. The van der Waals surface area contributed by atoms with Crippen LogP contribution in [0.3, 0.4) is 0 Å². The minimum absolute atomic E-state index is 0.00919. The lowest BCUT2D eigenvalue weighted by Crippen LogP contribution is -2.50. The molecular formula is C22H24N4O3S. The fraction of sp³-hybridized carbons (Fsp3) is 0.409. The van der Waals surface area contributed by atoms with E-state index in [1.54, 1.807) is 28.4 Å². The molecule has 2 aliphatic heterocycles. The van der Waals surface area contributed by atoms with Gasteiger partial charge in [0.05, 0.1) is 16.5 Å². The van der Waals surface area contributed by atoms with Crippen LogP contribution in [-0.2, 0) is 0 Å². The molecule has 8 heteroatoms. The molecule has 30 heavy (non-hydrogen) atoms. The predicted octanol–water partition coefficient (Wildman–Crippen LogP) is 3.48. The molecule has 0 bridgehead atoms. The van der Waals surface area contributed by atoms with Crippen molar-refractivity contribution in [1.82, 2.24) is 14.8 Å². The summed E-state index contributed by atoms with van der Waals surface area (Å²) >= 11 is 1.67. The minimum Gasteiger partial charge on any atom is -0.459 e. The van der Waals surface area contributed by atoms with Crippen molar-refractivity contribution < 1.29 is 14.0 Å². The van der Waals surface area contributed by atoms with Crippen molar-refractivity contribution in [1.29, 1.82) is 0 Å². The van der Waals surface area contributed by atoms with Gasteiger partial charge in [0.1, 0.15) is 0 Å². The summed E-state index contributed by atoms with van der Waals surface area (Å²) in [4.78, 5) is 36.1. The first-order valence-electron chi connectivity index (χ1n) is 10.5. The lowest BCUT2D eigenvalue weighted by Gasteiger charge is -2.34. The summed E-state index contributed by atoms with van der Waals surface area (Å²) in [6.45, 7) is 4.18. The Labute approximate surface area is 178 Å². The third-order valence-corrected chi connectivity index (χ3v) is 6.92. The van der Waals surface area contributed by atoms with Crippen molar-refractivity contribution in [3.63, 3.8) is 0 Å². The first-order chi connectivity index (χ1) is 14.7. The normalized spacial score (nSPS) is 17.5. The molecule has 0 spiro atoms. The van der Waals surface area contributed by atoms with Gasteiger partial charge in [-0.25, -0.2) is 4.98 Å². The fourth-order valence-electron chi connectivity index (χ4n) is 4.12. The highest BCUT2D eigenvalue weighted by Crippen LogP contribution is 2.31. The summed E-state index contributed by atoms with van der Waals surface area (Å²) in [7, 11) is 0. The van der Waals surface area contributed by atoms with Gasteiger partial charge in [-0.2, -0.15) is 0 Å². The van der Waals surface area contributed by atoms with E-state index in [1.807, 2.05) is 23.1 Å². The molecule has 0 atom stereocenters. The molecule has 0 saturated carbocycles. The van der Waals surface area contributed by atoms with Crippen LogP contribution in [0.2, 0.25) is 0 Å². The van der Waals surface area contributed by atoms with E-state index in [2.05, 4.69) is 4.90 Å². The summed E-state index contributed by atoms with van der Waals surface area (Å²) in [5.41, 5.74) is 1.63. The average molecular weight is 425 g/mol. The van der Waals surface area contributed by atoms with Crippen LogP contribution in [-0.4, -0.2) is 65.9 Å². The summed E-state index contributed by atoms with van der Waals surface area (Å²) in [6, 6.07) is 9.15. The van der Waals surface area contributed by atoms with E-state index in [4.69, 9.17) is 9.40 Å². The van der Waals surface area contributed by atoms with Crippen LogP contribution in [0.5, 0.6) is 0 Å². The Morgan fingerprint density at radius 3 is 2.33 bits per heavy atom. The average Bonchev–Trinajstić information content (AvgIpc) is 3.48. The number of amides is 2. The topological polar surface area (TPSA) is 69.9 Å². The van der Waals surface area contributed by atoms with E-state index in [9.17, 15) is 9.59 Å². The second-order valence-corrected chi connectivity index (χ2v) is 8.80. The van der Waals surface area contributed by atoms with Gasteiger partial charge in [-0.1, -0.05) is 11.3 Å². The van der Waals surface area contributed by atoms with Gasteiger partial charge in [-0.3, -0.25) is 9.59 Å². The monoisotopic (exact) mass is 424 g/mol. The number of piperazine rings is 1. The lowest BCUT2D eigenvalue weighted by atomic mass is 10.1. The summed E-state index contributed by atoms with van der Waals surface area (Å²) in [5, 5.41) is 1.05. The van der Waals surface area contributed by atoms with E-state index < -0.39 is 0 Å². The zero-order valence-electron chi connectivity index (χ0n) is 16.7. The van der Waals surface area contributed by atoms with Gasteiger partial charge < -0.3 is 19.1 Å². The van der Waals surface area contributed by atoms with Crippen LogP contribution < -0.4 is 4.90 Å². The number of piperidine rings is 1. The minimum atomic E-state index is -0.122. The number of nitrogens with zero attached hydrogens (tertiary/aromatic N) is 4. The molecule has 2 aromatic heterocycles. The highest BCUT2D eigenvalue weighted by Gasteiger charge is 2.27. The van der Waals surface area contributed by atoms with Gasteiger partial charge >= 0.3 is 0 Å². The molecule has 156 valence electrons. The number of thiazole rings is 1. The van der Waals surface area contributed by atoms with Gasteiger partial charge in [-0.15, -0.1) is 0 Å². The molecule has 3 aromatic rings. The molecule has 2 amide bonds. The van der Waals surface area contributed by atoms with Crippen LogP contribution >= 0.6 is 11.3 Å². The summed E-state index contributed by atoms with van der Waals surface area (Å²) < 4.78 is 6.25. The number of anilines is 1. The molecular weight excluding hydrogens is 400 g/mol. The lowest BCUT2D eigenvalue weighted by molar-refractivity contribution is 0.0518. The van der Waals surface area contributed by atoms with E-state index in [0.29, 0.717) is 37.5 Å². The molecule has 1 aromatic carbocycles. The van der Waals surface area contributed by atoms with Gasteiger partial charge in [0.15, 0.2) is 10.9 Å². The highest BCUT2D eigenvalue weighted by molar-refractivity contribution is 7.22. The van der Waals surface area contributed by atoms with E-state index in [-0.39, 0.29) is 11.8 Å². The Bertz CT molecular complexity index is 1050. The van der Waals surface area contributed by atoms with Crippen molar-refractivity contribution in [2.24, 2.45) is 0 Å². The first kappa shape index (κ1) is 19.1. The van der Waals surface area contributed by atoms with Gasteiger partial charge in [0, 0.05) is 44.8 Å². The SMILES string of the molecule is O=C(c1ccc2nc(N3CCCCC3)sc2c1)N1CCN(C(=O)c2ccco2)CC1. The van der Waals surface area contributed by atoms with Crippen molar-refractivity contribution in [3.8, 4) is 0 Å². The van der Waals surface area contributed by atoms with Crippen LogP contribution in [0.15, 0.2) is 41.0 Å².